The maximum Gasteiger partial charge on any atom is 0.419 e. The Morgan fingerprint density at radius 3 is 2.72 bits per heavy atom. The van der Waals surface area contributed by atoms with Gasteiger partial charge in [0.2, 0.25) is 0 Å². The smallest absolute Gasteiger partial charge is 0.419 e. The fourth-order valence-electron chi connectivity index (χ4n) is 1.87. The summed E-state index contributed by atoms with van der Waals surface area (Å²) in [5.74, 6) is -1.26. The van der Waals surface area contributed by atoms with Crippen LogP contribution in [0.25, 0.3) is 11.1 Å². The molecule has 0 atom stereocenters. The van der Waals surface area contributed by atoms with E-state index in [2.05, 4.69) is 0 Å². The number of rotatable bonds is 3. The molecule has 1 N–H and O–H groups in total. The van der Waals surface area contributed by atoms with Gasteiger partial charge in [0.05, 0.1) is 10.9 Å². The van der Waals surface area contributed by atoms with Crippen LogP contribution in [-0.2, 0) is 18.3 Å². The SMILES string of the molecule is Cn1c(=O)oc2ccc(CC(C)(C)C(=O)O)cc21. The monoisotopic (exact) mass is 249 g/mol. The van der Waals surface area contributed by atoms with Gasteiger partial charge in [-0.15, -0.1) is 0 Å². The molecule has 5 nitrogen and oxygen atoms in total. The van der Waals surface area contributed by atoms with Crippen molar-refractivity contribution >= 4 is 17.1 Å². The molecule has 0 amide bonds. The topological polar surface area (TPSA) is 72.4 Å². The van der Waals surface area contributed by atoms with E-state index in [1.807, 2.05) is 0 Å². The Morgan fingerprint density at radius 2 is 2.11 bits per heavy atom. The van der Waals surface area contributed by atoms with E-state index in [0.29, 0.717) is 17.5 Å². The molecule has 0 saturated carbocycles. The minimum Gasteiger partial charge on any atom is -0.481 e. The zero-order valence-corrected chi connectivity index (χ0v) is 10.6. The summed E-state index contributed by atoms with van der Waals surface area (Å²) in [6, 6.07) is 5.28. The van der Waals surface area contributed by atoms with E-state index in [-0.39, 0.29) is 0 Å². The second-order valence-corrected chi connectivity index (χ2v) is 5.09. The van der Waals surface area contributed by atoms with Gasteiger partial charge in [-0.25, -0.2) is 4.79 Å². The summed E-state index contributed by atoms with van der Waals surface area (Å²) >= 11 is 0. The molecule has 2 aromatic rings. The van der Waals surface area contributed by atoms with E-state index in [1.54, 1.807) is 39.1 Å². The molecule has 18 heavy (non-hydrogen) atoms. The van der Waals surface area contributed by atoms with Gasteiger partial charge in [-0.05, 0) is 38.0 Å². The maximum absolute atomic E-state index is 11.3. The van der Waals surface area contributed by atoms with E-state index < -0.39 is 17.1 Å². The number of hydrogen-bond acceptors (Lipinski definition) is 3. The number of hydrogen-bond donors (Lipinski definition) is 1. The van der Waals surface area contributed by atoms with Crippen LogP contribution in [0.2, 0.25) is 0 Å². The number of aryl methyl sites for hydroxylation is 1. The van der Waals surface area contributed by atoms with Crippen molar-refractivity contribution in [2.75, 3.05) is 0 Å². The Hall–Kier alpha value is -2.04. The number of fused-ring (bicyclic) bond motifs is 1. The molecule has 0 fully saturated rings. The summed E-state index contributed by atoms with van der Waals surface area (Å²) in [5, 5.41) is 9.10. The third kappa shape index (κ3) is 2.03. The Bertz CT molecular complexity index is 663. The van der Waals surface area contributed by atoms with Crippen LogP contribution in [0.1, 0.15) is 19.4 Å². The molecule has 0 unspecified atom stereocenters. The lowest BCUT2D eigenvalue weighted by molar-refractivity contribution is -0.146. The molecule has 0 radical (unpaired) electrons. The Balaban J connectivity index is 2.45. The highest BCUT2D eigenvalue weighted by Gasteiger charge is 2.27. The highest BCUT2D eigenvalue weighted by atomic mass is 16.4. The van der Waals surface area contributed by atoms with Crippen LogP contribution in [0, 0.1) is 5.41 Å². The predicted molar refractivity (Wildman–Crippen MR) is 66.6 cm³/mol. The number of aromatic nitrogens is 1. The number of oxazole rings is 1. The number of carbonyl (C=O) groups is 1. The van der Waals surface area contributed by atoms with Crippen LogP contribution in [-0.4, -0.2) is 15.6 Å². The molecule has 0 spiro atoms. The van der Waals surface area contributed by atoms with Crippen LogP contribution in [0.3, 0.4) is 0 Å². The molecule has 0 saturated heterocycles. The van der Waals surface area contributed by atoms with Crippen molar-refractivity contribution in [2.45, 2.75) is 20.3 Å². The van der Waals surface area contributed by atoms with Crippen molar-refractivity contribution in [3.05, 3.63) is 34.3 Å². The summed E-state index contributed by atoms with van der Waals surface area (Å²) in [6.07, 6.45) is 0.400. The second-order valence-electron chi connectivity index (χ2n) is 5.09. The number of benzene rings is 1. The number of carboxylic acids is 1. The summed E-state index contributed by atoms with van der Waals surface area (Å²) in [7, 11) is 1.63. The van der Waals surface area contributed by atoms with Gasteiger partial charge in [-0.1, -0.05) is 6.07 Å². The summed E-state index contributed by atoms with van der Waals surface area (Å²) in [4.78, 5) is 22.4. The fourth-order valence-corrected chi connectivity index (χ4v) is 1.87. The first-order valence-corrected chi connectivity index (χ1v) is 5.63. The molecule has 0 aliphatic carbocycles. The molecule has 96 valence electrons. The summed E-state index contributed by atoms with van der Waals surface area (Å²) < 4.78 is 6.43. The third-order valence-corrected chi connectivity index (χ3v) is 3.08. The van der Waals surface area contributed by atoms with E-state index in [1.165, 1.54) is 4.57 Å². The fraction of sp³-hybridized carbons (Fsp3) is 0.385. The molecule has 1 aromatic carbocycles. The van der Waals surface area contributed by atoms with Crippen LogP contribution >= 0.6 is 0 Å². The van der Waals surface area contributed by atoms with Crippen molar-refractivity contribution in [1.82, 2.24) is 4.57 Å². The highest BCUT2D eigenvalue weighted by molar-refractivity contribution is 5.76. The van der Waals surface area contributed by atoms with Crippen LogP contribution in [0.15, 0.2) is 27.4 Å². The average Bonchev–Trinajstić information content (AvgIpc) is 2.55. The van der Waals surface area contributed by atoms with Gasteiger partial charge in [0.1, 0.15) is 0 Å². The zero-order valence-electron chi connectivity index (χ0n) is 10.6. The van der Waals surface area contributed by atoms with Crippen molar-refractivity contribution in [2.24, 2.45) is 12.5 Å². The molecule has 1 heterocycles. The lowest BCUT2D eigenvalue weighted by atomic mass is 9.86. The van der Waals surface area contributed by atoms with Gasteiger partial charge in [-0.2, -0.15) is 0 Å². The first-order valence-electron chi connectivity index (χ1n) is 5.63. The van der Waals surface area contributed by atoms with Crippen LogP contribution in [0.5, 0.6) is 0 Å². The Morgan fingerprint density at radius 1 is 1.44 bits per heavy atom. The number of carboxylic acid groups (broad SMARTS) is 1. The van der Waals surface area contributed by atoms with Crippen molar-refractivity contribution in [3.63, 3.8) is 0 Å². The van der Waals surface area contributed by atoms with Gasteiger partial charge >= 0.3 is 11.7 Å². The minimum absolute atomic E-state index is 0.400. The molecule has 0 bridgehead atoms. The van der Waals surface area contributed by atoms with Crippen molar-refractivity contribution in [3.8, 4) is 0 Å². The highest BCUT2D eigenvalue weighted by Crippen LogP contribution is 2.24. The molecular weight excluding hydrogens is 234 g/mol. The van der Waals surface area contributed by atoms with Gasteiger partial charge in [0.15, 0.2) is 5.58 Å². The molecule has 2 rings (SSSR count). The van der Waals surface area contributed by atoms with Crippen molar-refractivity contribution in [1.29, 1.82) is 0 Å². The molecule has 0 aliphatic rings. The first kappa shape index (κ1) is 12.4. The molecule has 0 aliphatic heterocycles. The van der Waals surface area contributed by atoms with Crippen LogP contribution < -0.4 is 5.76 Å². The Labute approximate surface area is 104 Å². The van der Waals surface area contributed by atoms with E-state index >= 15 is 0 Å². The quantitative estimate of drug-likeness (QED) is 0.900. The third-order valence-electron chi connectivity index (χ3n) is 3.08. The lowest BCUT2D eigenvalue weighted by Crippen LogP contribution is -2.26. The van der Waals surface area contributed by atoms with Crippen LogP contribution in [0.4, 0.5) is 0 Å². The largest absolute Gasteiger partial charge is 0.481 e. The van der Waals surface area contributed by atoms with Gasteiger partial charge in [0, 0.05) is 7.05 Å². The minimum atomic E-state index is -0.844. The average molecular weight is 249 g/mol. The number of nitrogens with zero attached hydrogens (tertiary/aromatic N) is 1. The first-order chi connectivity index (χ1) is 8.31. The van der Waals surface area contributed by atoms with Gasteiger partial charge < -0.3 is 9.52 Å². The standard InChI is InChI=1S/C13H15NO4/c1-13(2,11(15)16)7-8-4-5-10-9(6-8)14(3)12(17)18-10/h4-6H,7H2,1-3H3,(H,15,16). The Kier molecular flexibility index (Phi) is 2.77. The lowest BCUT2D eigenvalue weighted by Gasteiger charge is -2.18. The summed E-state index contributed by atoms with van der Waals surface area (Å²) in [6.45, 7) is 3.35. The maximum atomic E-state index is 11.3. The van der Waals surface area contributed by atoms with Gasteiger partial charge in [0.25, 0.3) is 0 Å². The van der Waals surface area contributed by atoms with E-state index in [9.17, 15) is 9.59 Å². The molecule has 5 heteroatoms. The van der Waals surface area contributed by atoms with Gasteiger partial charge in [-0.3, -0.25) is 9.36 Å². The molecular formula is C13H15NO4. The second kappa shape index (κ2) is 4.01. The molecule has 1 aromatic heterocycles. The number of aliphatic carboxylic acids is 1. The summed E-state index contributed by atoms with van der Waals surface area (Å²) in [5.41, 5.74) is 1.22. The van der Waals surface area contributed by atoms with E-state index in [4.69, 9.17) is 9.52 Å². The van der Waals surface area contributed by atoms with Crippen molar-refractivity contribution < 1.29 is 14.3 Å². The van der Waals surface area contributed by atoms with E-state index in [0.717, 1.165) is 5.56 Å². The zero-order chi connectivity index (χ0) is 13.5. The predicted octanol–water partition coefficient (Wildman–Crippen LogP) is 1.78. The normalized spacial score (nSPS) is 11.9.